The SMILES string of the molecule is [C-]#[N+]c1ccc(C2(COCc3cc(C(F)(F)F)cc(-c4ccc(C#N)cc4)n3)CCN(C)CC2)cc1. The number of nitriles is 1. The van der Waals surface area contributed by atoms with Crippen molar-refractivity contribution >= 4 is 5.69 Å². The first-order chi connectivity index (χ1) is 17.2. The number of nitrogens with zero attached hydrogens (tertiary/aromatic N) is 4. The quantitative estimate of drug-likeness (QED) is 0.377. The molecule has 0 unspecified atom stereocenters. The molecule has 1 saturated heterocycles. The van der Waals surface area contributed by atoms with Crippen LogP contribution in [0.5, 0.6) is 0 Å². The summed E-state index contributed by atoms with van der Waals surface area (Å²) in [7, 11) is 2.06. The fourth-order valence-electron chi connectivity index (χ4n) is 4.49. The molecule has 0 bridgehead atoms. The van der Waals surface area contributed by atoms with E-state index in [1.54, 1.807) is 36.4 Å². The lowest BCUT2D eigenvalue weighted by Gasteiger charge is -2.41. The van der Waals surface area contributed by atoms with E-state index < -0.39 is 11.7 Å². The Balaban J connectivity index is 1.58. The van der Waals surface area contributed by atoms with E-state index in [1.165, 1.54) is 0 Å². The van der Waals surface area contributed by atoms with Crippen molar-refractivity contribution in [1.82, 2.24) is 9.88 Å². The summed E-state index contributed by atoms with van der Waals surface area (Å²) >= 11 is 0. The summed E-state index contributed by atoms with van der Waals surface area (Å²) in [5.74, 6) is 0. The van der Waals surface area contributed by atoms with Gasteiger partial charge in [0.1, 0.15) is 0 Å². The predicted molar refractivity (Wildman–Crippen MR) is 130 cm³/mol. The zero-order chi connectivity index (χ0) is 25.8. The van der Waals surface area contributed by atoms with E-state index in [1.807, 2.05) is 18.2 Å². The Hall–Kier alpha value is -3.72. The number of aromatic nitrogens is 1. The molecule has 3 aromatic rings. The molecule has 0 amide bonds. The van der Waals surface area contributed by atoms with E-state index in [4.69, 9.17) is 16.6 Å². The summed E-state index contributed by atoms with van der Waals surface area (Å²) in [6.07, 6.45) is -2.85. The minimum absolute atomic E-state index is 0.0646. The molecular weight excluding hydrogens is 465 g/mol. The highest BCUT2D eigenvalue weighted by Gasteiger charge is 2.36. The van der Waals surface area contributed by atoms with Gasteiger partial charge in [-0.05, 0) is 62.8 Å². The van der Waals surface area contributed by atoms with Crippen molar-refractivity contribution in [1.29, 1.82) is 5.26 Å². The van der Waals surface area contributed by atoms with Crippen LogP contribution >= 0.6 is 0 Å². The van der Waals surface area contributed by atoms with Gasteiger partial charge in [-0.25, -0.2) is 4.85 Å². The topological polar surface area (TPSA) is 53.5 Å². The van der Waals surface area contributed by atoms with Gasteiger partial charge in [0, 0.05) is 11.0 Å². The molecular formula is C28H25F3N4O. The van der Waals surface area contributed by atoms with Gasteiger partial charge in [-0.2, -0.15) is 18.4 Å². The van der Waals surface area contributed by atoms with Crippen molar-refractivity contribution < 1.29 is 17.9 Å². The molecule has 0 radical (unpaired) electrons. The Morgan fingerprint density at radius 1 is 1.08 bits per heavy atom. The maximum atomic E-state index is 13.6. The predicted octanol–water partition coefficient (Wildman–Crippen LogP) is 6.37. The number of rotatable bonds is 6. The third kappa shape index (κ3) is 5.73. The molecule has 4 rings (SSSR count). The Morgan fingerprint density at radius 2 is 1.75 bits per heavy atom. The Kier molecular flexibility index (Phi) is 7.40. The van der Waals surface area contributed by atoms with Crippen LogP contribution in [0.15, 0.2) is 60.7 Å². The van der Waals surface area contributed by atoms with Crippen LogP contribution in [-0.2, 0) is 22.9 Å². The molecule has 0 N–H and O–H groups in total. The fourth-order valence-corrected chi connectivity index (χ4v) is 4.49. The van der Waals surface area contributed by atoms with Gasteiger partial charge in [0.25, 0.3) is 0 Å². The molecule has 2 heterocycles. The number of hydrogen-bond donors (Lipinski definition) is 0. The first kappa shape index (κ1) is 25.4. The number of alkyl halides is 3. The molecule has 36 heavy (non-hydrogen) atoms. The number of hydrogen-bond acceptors (Lipinski definition) is 4. The second-order valence-electron chi connectivity index (χ2n) is 9.15. The van der Waals surface area contributed by atoms with Gasteiger partial charge < -0.3 is 9.64 Å². The van der Waals surface area contributed by atoms with Crippen molar-refractivity contribution in [3.8, 4) is 17.3 Å². The van der Waals surface area contributed by atoms with Crippen LogP contribution in [-0.4, -0.2) is 36.6 Å². The maximum Gasteiger partial charge on any atom is 0.416 e. The van der Waals surface area contributed by atoms with Crippen LogP contribution in [0, 0.1) is 17.9 Å². The average Bonchev–Trinajstić information content (AvgIpc) is 2.89. The molecule has 1 aliphatic rings. The summed E-state index contributed by atoms with van der Waals surface area (Å²) in [6, 6.07) is 17.8. The molecule has 2 aromatic carbocycles. The van der Waals surface area contributed by atoms with Crippen LogP contribution in [0.25, 0.3) is 16.1 Å². The highest BCUT2D eigenvalue weighted by molar-refractivity contribution is 5.61. The van der Waals surface area contributed by atoms with Crippen molar-refractivity contribution in [2.24, 2.45) is 0 Å². The molecule has 5 nitrogen and oxygen atoms in total. The van der Waals surface area contributed by atoms with E-state index in [9.17, 15) is 13.2 Å². The third-order valence-electron chi connectivity index (χ3n) is 6.70. The zero-order valence-electron chi connectivity index (χ0n) is 19.8. The molecule has 0 aliphatic carbocycles. The minimum atomic E-state index is -4.53. The van der Waals surface area contributed by atoms with E-state index >= 15 is 0 Å². The molecule has 1 aliphatic heterocycles. The summed E-state index contributed by atoms with van der Waals surface area (Å²) in [6.45, 7) is 9.21. The van der Waals surface area contributed by atoms with E-state index in [0.29, 0.717) is 23.4 Å². The normalized spacial score (nSPS) is 15.7. The van der Waals surface area contributed by atoms with Gasteiger partial charge in [0.05, 0.1) is 48.4 Å². The summed E-state index contributed by atoms with van der Waals surface area (Å²) in [5.41, 5.74) is 1.83. The van der Waals surface area contributed by atoms with Gasteiger partial charge in [0.2, 0.25) is 0 Å². The molecule has 0 saturated carbocycles. The first-order valence-corrected chi connectivity index (χ1v) is 11.6. The van der Waals surface area contributed by atoms with Crippen LogP contribution in [0.4, 0.5) is 18.9 Å². The minimum Gasteiger partial charge on any atom is -0.374 e. The average molecular weight is 491 g/mol. The van der Waals surface area contributed by atoms with Crippen LogP contribution in [0.2, 0.25) is 0 Å². The lowest BCUT2D eigenvalue weighted by atomic mass is 9.73. The fraction of sp³-hybridized carbons (Fsp3) is 0.321. The number of benzene rings is 2. The Bertz CT molecular complexity index is 1280. The molecule has 0 spiro atoms. The summed E-state index contributed by atoms with van der Waals surface area (Å²) in [4.78, 5) is 10.1. The second-order valence-corrected chi connectivity index (χ2v) is 9.15. The standard InChI is InChI=1S/C28H25F3N4O/c1-33-24-9-7-22(8-10-24)27(11-13-35(2)14-12-27)19-36-18-25-15-23(28(29,30)31)16-26(34-25)21-5-3-20(17-32)4-6-21/h3-10,15-16H,11-14,18-19H2,2H3. The van der Waals surface area contributed by atoms with E-state index in [-0.39, 0.29) is 23.4 Å². The monoisotopic (exact) mass is 490 g/mol. The summed E-state index contributed by atoms with van der Waals surface area (Å²) in [5, 5.41) is 9.00. The van der Waals surface area contributed by atoms with Crippen molar-refractivity contribution in [2.75, 3.05) is 26.7 Å². The molecule has 1 fully saturated rings. The van der Waals surface area contributed by atoms with Crippen LogP contribution < -0.4 is 0 Å². The van der Waals surface area contributed by atoms with Crippen molar-refractivity contribution in [3.05, 3.63) is 94.5 Å². The molecule has 184 valence electrons. The molecule has 8 heteroatoms. The number of ether oxygens (including phenoxy) is 1. The number of pyridine rings is 1. The number of halogens is 3. The second kappa shape index (κ2) is 10.5. The third-order valence-corrected chi connectivity index (χ3v) is 6.70. The lowest BCUT2D eigenvalue weighted by Crippen LogP contribution is -2.43. The number of likely N-dealkylation sites (tertiary alicyclic amines) is 1. The smallest absolute Gasteiger partial charge is 0.374 e. The van der Waals surface area contributed by atoms with Crippen LogP contribution in [0.1, 0.15) is 35.2 Å². The summed E-state index contributed by atoms with van der Waals surface area (Å²) < 4.78 is 47.0. The molecule has 1 aromatic heterocycles. The van der Waals surface area contributed by atoms with Gasteiger partial charge in [-0.1, -0.05) is 36.4 Å². The Morgan fingerprint density at radius 3 is 2.33 bits per heavy atom. The van der Waals surface area contributed by atoms with Crippen LogP contribution in [0.3, 0.4) is 0 Å². The van der Waals surface area contributed by atoms with Crippen molar-refractivity contribution in [2.45, 2.75) is 31.0 Å². The first-order valence-electron chi connectivity index (χ1n) is 11.6. The van der Waals surface area contributed by atoms with E-state index in [0.717, 1.165) is 43.6 Å². The largest absolute Gasteiger partial charge is 0.416 e. The maximum absolute atomic E-state index is 13.6. The van der Waals surface area contributed by atoms with Gasteiger partial charge in [-0.3, -0.25) is 4.98 Å². The molecule has 0 atom stereocenters. The number of piperidine rings is 1. The van der Waals surface area contributed by atoms with Gasteiger partial charge >= 0.3 is 6.18 Å². The highest BCUT2D eigenvalue weighted by atomic mass is 19.4. The zero-order valence-corrected chi connectivity index (χ0v) is 19.8. The van der Waals surface area contributed by atoms with Gasteiger partial charge in [0.15, 0.2) is 5.69 Å². The van der Waals surface area contributed by atoms with E-state index in [2.05, 4.69) is 21.8 Å². The van der Waals surface area contributed by atoms with Crippen molar-refractivity contribution in [3.63, 3.8) is 0 Å². The highest BCUT2D eigenvalue weighted by Crippen LogP contribution is 2.37. The van der Waals surface area contributed by atoms with Gasteiger partial charge in [-0.15, -0.1) is 0 Å². The Labute approximate surface area is 208 Å². The lowest BCUT2D eigenvalue weighted by molar-refractivity contribution is -0.137.